The molecule has 0 aromatic heterocycles. The van der Waals surface area contributed by atoms with Crippen molar-refractivity contribution in [2.45, 2.75) is 17.7 Å². The summed E-state index contributed by atoms with van der Waals surface area (Å²) in [4.78, 5) is 12.6. The summed E-state index contributed by atoms with van der Waals surface area (Å²) < 4.78 is 58.8. The molecule has 0 saturated carbocycles. The van der Waals surface area contributed by atoms with Gasteiger partial charge in [-0.1, -0.05) is 0 Å². The van der Waals surface area contributed by atoms with Crippen molar-refractivity contribution in [3.8, 4) is 5.75 Å². The summed E-state index contributed by atoms with van der Waals surface area (Å²) in [6, 6.07) is 12.5. The van der Waals surface area contributed by atoms with Gasteiger partial charge in [-0.15, -0.1) is 0 Å². The normalized spacial score (nSPS) is 14.8. The molecule has 3 rings (SSSR count). The Balaban J connectivity index is 1.48. The predicted octanol–water partition coefficient (Wildman–Crippen LogP) is 1.52. The molecule has 34 heavy (non-hydrogen) atoms. The van der Waals surface area contributed by atoms with Crippen molar-refractivity contribution in [1.29, 1.82) is 0 Å². The number of carbonyl (C=O) groups excluding carboxylic acids is 1. The summed E-state index contributed by atoms with van der Waals surface area (Å²) >= 11 is 0. The fourth-order valence-electron chi connectivity index (χ4n) is 3.42. The first-order valence-electron chi connectivity index (χ1n) is 10.8. The maximum absolute atomic E-state index is 12.6. The lowest BCUT2D eigenvalue weighted by atomic mass is 10.2. The van der Waals surface area contributed by atoms with E-state index >= 15 is 0 Å². The Labute approximate surface area is 201 Å². The fourth-order valence-corrected chi connectivity index (χ4v) is 5.82. The number of rotatable bonds is 10. The molecule has 0 bridgehead atoms. The zero-order chi connectivity index (χ0) is 24.9. The molecule has 0 radical (unpaired) electrons. The molecule has 0 spiro atoms. The Morgan fingerprint density at radius 2 is 1.53 bits per heavy atom. The van der Waals surface area contributed by atoms with Gasteiger partial charge in [0.15, 0.2) is 0 Å². The van der Waals surface area contributed by atoms with Crippen molar-refractivity contribution in [2.24, 2.45) is 0 Å². The number of carbonyl (C=O) groups is 1. The third-order valence-corrected chi connectivity index (χ3v) is 9.22. The molecule has 1 saturated heterocycles. The second-order valence-corrected chi connectivity index (χ2v) is 12.1. The summed E-state index contributed by atoms with van der Waals surface area (Å²) in [6.07, 6.45) is 1.76. The number of anilines is 1. The molecule has 1 aliphatic heterocycles. The van der Waals surface area contributed by atoms with Gasteiger partial charge in [-0.3, -0.25) is 9.10 Å². The molecular formula is C22H30N4O6S2. The van der Waals surface area contributed by atoms with Gasteiger partial charge in [0.25, 0.3) is 5.91 Å². The molecule has 0 aliphatic carbocycles. The van der Waals surface area contributed by atoms with Crippen LogP contribution in [0.3, 0.4) is 0 Å². The summed E-state index contributed by atoms with van der Waals surface area (Å²) in [6.45, 7) is 1.54. The smallest absolute Gasteiger partial charge is 0.303 e. The van der Waals surface area contributed by atoms with Crippen LogP contribution in [0.4, 0.5) is 5.69 Å². The zero-order valence-corrected chi connectivity index (χ0v) is 21.1. The van der Waals surface area contributed by atoms with Crippen LogP contribution in [-0.2, 0) is 20.2 Å². The number of sulfonamides is 1. The molecule has 0 atom stereocenters. The Kier molecular flexibility index (Phi) is 8.18. The van der Waals surface area contributed by atoms with Gasteiger partial charge in [-0.25, -0.2) is 8.42 Å². The van der Waals surface area contributed by atoms with Crippen LogP contribution in [0.15, 0.2) is 53.4 Å². The van der Waals surface area contributed by atoms with Gasteiger partial charge >= 0.3 is 10.2 Å². The van der Waals surface area contributed by atoms with Gasteiger partial charge < -0.3 is 10.1 Å². The highest BCUT2D eigenvalue weighted by Gasteiger charge is 2.27. The van der Waals surface area contributed by atoms with E-state index in [4.69, 9.17) is 4.74 Å². The van der Waals surface area contributed by atoms with E-state index in [1.807, 2.05) is 0 Å². The summed E-state index contributed by atoms with van der Waals surface area (Å²) in [7, 11) is -2.74. The number of ether oxygens (including phenoxy) is 1. The van der Waals surface area contributed by atoms with Crippen molar-refractivity contribution < 1.29 is 26.4 Å². The van der Waals surface area contributed by atoms with Gasteiger partial charge in [-0.05, 0) is 61.4 Å². The van der Waals surface area contributed by atoms with Gasteiger partial charge in [0.05, 0.1) is 17.1 Å². The molecule has 0 unspecified atom stereocenters. The Bertz CT molecular complexity index is 1190. The summed E-state index contributed by atoms with van der Waals surface area (Å²) in [5.41, 5.74) is 0.819. The lowest BCUT2D eigenvalue weighted by molar-refractivity contribution is 0.0947. The number of amides is 1. The molecule has 2 aromatic rings. The van der Waals surface area contributed by atoms with Crippen molar-refractivity contribution in [3.63, 3.8) is 0 Å². The first kappa shape index (κ1) is 25.9. The maximum atomic E-state index is 12.6. The molecular weight excluding hydrogens is 480 g/mol. The highest BCUT2D eigenvalue weighted by Crippen LogP contribution is 2.23. The highest BCUT2D eigenvalue weighted by atomic mass is 32.2. The Hall–Kier alpha value is -2.67. The van der Waals surface area contributed by atoms with Gasteiger partial charge in [0.1, 0.15) is 12.4 Å². The SMILES string of the molecule is CN(C)S(=O)(=O)N(C)c1ccc(C(=O)NCCOc2ccc(S(=O)(=O)N3CCCC3)cc2)cc1. The molecule has 12 heteroatoms. The molecule has 1 aliphatic rings. The van der Waals surface area contributed by atoms with E-state index in [2.05, 4.69) is 5.32 Å². The van der Waals surface area contributed by atoms with Gasteiger partial charge in [-0.2, -0.15) is 17.0 Å². The standard InChI is InChI=1S/C22H30N4O6S2/c1-24(2)34(30,31)25(3)19-8-6-18(7-9-19)22(27)23-14-17-32-20-10-12-21(13-11-20)33(28,29)26-15-4-5-16-26/h6-13H,4-5,14-17H2,1-3H3,(H,23,27). The van der Waals surface area contributed by atoms with Crippen molar-refractivity contribution >= 4 is 31.8 Å². The van der Waals surface area contributed by atoms with Crippen molar-refractivity contribution in [1.82, 2.24) is 13.9 Å². The topological polar surface area (TPSA) is 116 Å². The largest absolute Gasteiger partial charge is 0.492 e. The molecule has 10 nitrogen and oxygen atoms in total. The quantitative estimate of drug-likeness (QED) is 0.485. The highest BCUT2D eigenvalue weighted by molar-refractivity contribution is 7.90. The van der Waals surface area contributed by atoms with Crippen LogP contribution in [0.25, 0.3) is 0 Å². The van der Waals surface area contributed by atoms with E-state index in [1.54, 1.807) is 36.4 Å². The fraction of sp³-hybridized carbons (Fsp3) is 0.409. The molecule has 1 N–H and O–H groups in total. The lowest BCUT2D eigenvalue weighted by Gasteiger charge is -2.23. The minimum absolute atomic E-state index is 0.200. The van der Waals surface area contributed by atoms with Crippen LogP contribution >= 0.6 is 0 Å². The number of hydrogen-bond donors (Lipinski definition) is 1. The van der Waals surface area contributed by atoms with Gasteiger partial charge in [0, 0.05) is 39.8 Å². The minimum Gasteiger partial charge on any atom is -0.492 e. The average Bonchev–Trinajstić information content (AvgIpc) is 3.37. The number of nitrogens with one attached hydrogen (secondary N) is 1. The zero-order valence-electron chi connectivity index (χ0n) is 19.5. The Morgan fingerprint density at radius 3 is 2.09 bits per heavy atom. The first-order valence-corrected chi connectivity index (χ1v) is 13.6. The molecule has 1 fully saturated rings. The van der Waals surface area contributed by atoms with Crippen LogP contribution in [0, 0.1) is 0 Å². The second-order valence-electron chi connectivity index (χ2n) is 7.99. The van der Waals surface area contributed by atoms with E-state index in [0.717, 1.165) is 21.5 Å². The second kappa shape index (κ2) is 10.7. The molecule has 1 amide bonds. The third-order valence-electron chi connectivity index (χ3n) is 5.48. The van der Waals surface area contributed by atoms with E-state index in [-0.39, 0.29) is 24.0 Å². The first-order chi connectivity index (χ1) is 16.0. The third kappa shape index (κ3) is 5.87. The van der Waals surface area contributed by atoms with E-state index in [0.29, 0.717) is 30.1 Å². The number of benzene rings is 2. The molecule has 1 heterocycles. The number of nitrogens with zero attached hydrogens (tertiary/aromatic N) is 3. The lowest BCUT2D eigenvalue weighted by Crippen LogP contribution is -2.37. The predicted molar refractivity (Wildman–Crippen MR) is 130 cm³/mol. The Morgan fingerprint density at radius 1 is 0.941 bits per heavy atom. The average molecular weight is 511 g/mol. The molecule has 186 valence electrons. The summed E-state index contributed by atoms with van der Waals surface area (Å²) in [5, 5.41) is 2.73. The van der Waals surface area contributed by atoms with Crippen LogP contribution in [0.1, 0.15) is 23.2 Å². The van der Waals surface area contributed by atoms with Crippen LogP contribution in [-0.4, -0.2) is 78.7 Å². The van der Waals surface area contributed by atoms with Crippen molar-refractivity contribution in [2.75, 3.05) is 51.7 Å². The maximum Gasteiger partial charge on any atom is 0.303 e. The minimum atomic E-state index is -3.61. The monoisotopic (exact) mass is 510 g/mol. The van der Waals surface area contributed by atoms with Gasteiger partial charge in [0.2, 0.25) is 10.0 Å². The van der Waals surface area contributed by atoms with Crippen LogP contribution in [0.2, 0.25) is 0 Å². The van der Waals surface area contributed by atoms with Crippen molar-refractivity contribution in [3.05, 3.63) is 54.1 Å². The van der Waals surface area contributed by atoms with E-state index in [9.17, 15) is 21.6 Å². The van der Waals surface area contributed by atoms with E-state index in [1.165, 1.54) is 37.6 Å². The van der Waals surface area contributed by atoms with Crippen LogP contribution in [0.5, 0.6) is 5.75 Å². The number of hydrogen-bond acceptors (Lipinski definition) is 6. The summed E-state index contributed by atoms with van der Waals surface area (Å²) in [5.74, 6) is 0.185. The molecule has 2 aromatic carbocycles. The van der Waals surface area contributed by atoms with E-state index < -0.39 is 20.2 Å². The van der Waals surface area contributed by atoms with Crippen LogP contribution < -0.4 is 14.4 Å².